The van der Waals surface area contributed by atoms with E-state index in [1.165, 1.54) is 0 Å². The van der Waals surface area contributed by atoms with Crippen LogP contribution in [0, 0.1) is 0 Å². The molecular weight excluding hydrogens is 487 g/mol. The predicted octanol–water partition coefficient (Wildman–Crippen LogP) is 4.31. The zero-order valence-corrected chi connectivity index (χ0v) is 19.8. The van der Waals surface area contributed by atoms with Crippen molar-refractivity contribution in [3.05, 3.63) is 48.2 Å². The molecule has 8 heteroatoms. The number of aromatic nitrogens is 1. The molecule has 2 rings (SSSR count). The number of nitrogens with one attached hydrogen (secondary N) is 2. The molecule has 0 radical (unpaired) electrons. The van der Waals surface area contributed by atoms with Gasteiger partial charge in [0.15, 0.2) is 17.5 Å². The molecule has 0 aliphatic heterocycles. The van der Waals surface area contributed by atoms with Gasteiger partial charge in [-0.15, -0.1) is 24.0 Å². The number of rotatable bonds is 10. The standard InChI is InChI=1S/C20H28N4O2S.HI/c1-4-13-25-17-9-5-6-10-18(17)26-19-16(8-7-11-22-19)15-24-20(21-2)23-12-14-27-3;/h5-11H,4,12-15H2,1-3H3,(H2,21,23,24);1H. The zero-order valence-electron chi connectivity index (χ0n) is 16.6. The average molecular weight is 516 g/mol. The van der Waals surface area contributed by atoms with Gasteiger partial charge in [0.05, 0.1) is 6.61 Å². The third-order valence-corrected chi connectivity index (χ3v) is 4.25. The normalized spacial score (nSPS) is 10.8. The molecular formula is C20H29IN4O2S. The van der Waals surface area contributed by atoms with Gasteiger partial charge in [-0.05, 0) is 30.9 Å². The number of guanidine groups is 1. The number of nitrogens with zero attached hydrogens (tertiary/aromatic N) is 2. The van der Waals surface area contributed by atoms with E-state index in [0.717, 1.165) is 36.0 Å². The van der Waals surface area contributed by atoms with Crippen molar-refractivity contribution in [3.63, 3.8) is 0 Å². The molecule has 0 aliphatic carbocycles. The first kappa shape index (κ1) is 24.4. The molecule has 1 aromatic carbocycles. The SMILES string of the molecule is CCCOc1ccccc1Oc1ncccc1CNC(=NC)NCCSC.I. The Morgan fingerprint density at radius 3 is 2.64 bits per heavy atom. The molecule has 6 nitrogen and oxygen atoms in total. The summed E-state index contributed by atoms with van der Waals surface area (Å²) in [6.45, 7) is 4.14. The fourth-order valence-electron chi connectivity index (χ4n) is 2.29. The Morgan fingerprint density at radius 1 is 1.14 bits per heavy atom. The molecule has 2 aromatic rings. The number of pyridine rings is 1. The van der Waals surface area contributed by atoms with E-state index in [9.17, 15) is 0 Å². The minimum atomic E-state index is 0. The Kier molecular flexibility index (Phi) is 12.5. The highest BCUT2D eigenvalue weighted by Crippen LogP contribution is 2.31. The number of hydrogen-bond acceptors (Lipinski definition) is 5. The van der Waals surface area contributed by atoms with Gasteiger partial charge in [-0.2, -0.15) is 11.8 Å². The lowest BCUT2D eigenvalue weighted by molar-refractivity contribution is 0.300. The van der Waals surface area contributed by atoms with Gasteiger partial charge in [0.1, 0.15) is 0 Å². The van der Waals surface area contributed by atoms with E-state index in [-0.39, 0.29) is 24.0 Å². The van der Waals surface area contributed by atoms with Crippen molar-refractivity contribution in [3.8, 4) is 17.4 Å². The van der Waals surface area contributed by atoms with Crippen LogP contribution in [0.4, 0.5) is 0 Å². The van der Waals surface area contributed by atoms with Crippen molar-refractivity contribution in [2.24, 2.45) is 4.99 Å². The molecule has 0 bridgehead atoms. The van der Waals surface area contributed by atoms with Crippen LogP contribution in [0.1, 0.15) is 18.9 Å². The molecule has 1 aromatic heterocycles. The van der Waals surface area contributed by atoms with Crippen LogP contribution in [0.2, 0.25) is 0 Å². The van der Waals surface area contributed by atoms with Gasteiger partial charge in [-0.3, -0.25) is 4.99 Å². The van der Waals surface area contributed by atoms with E-state index in [1.807, 2.05) is 36.4 Å². The van der Waals surface area contributed by atoms with Gasteiger partial charge in [-0.1, -0.05) is 25.1 Å². The fourth-order valence-corrected chi connectivity index (χ4v) is 2.60. The van der Waals surface area contributed by atoms with E-state index in [1.54, 1.807) is 25.0 Å². The lowest BCUT2D eigenvalue weighted by Gasteiger charge is -2.15. The Hall–Kier alpha value is -1.68. The van der Waals surface area contributed by atoms with Crippen LogP contribution >= 0.6 is 35.7 Å². The van der Waals surface area contributed by atoms with Crippen molar-refractivity contribution in [2.45, 2.75) is 19.9 Å². The van der Waals surface area contributed by atoms with Crippen LogP contribution in [0.5, 0.6) is 17.4 Å². The highest BCUT2D eigenvalue weighted by atomic mass is 127. The first-order chi connectivity index (χ1) is 13.3. The number of para-hydroxylation sites is 2. The van der Waals surface area contributed by atoms with Gasteiger partial charge in [0.2, 0.25) is 5.88 Å². The average Bonchev–Trinajstić information content (AvgIpc) is 2.71. The van der Waals surface area contributed by atoms with Crippen molar-refractivity contribution in [1.82, 2.24) is 15.6 Å². The highest BCUT2D eigenvalue weighted by molar-refractivity contribution is 14.0. The Balaban J connectivity index is 0.00000392. The molecule has 0 saturated heterocycles. The number of hydrogen-bond donors (Lipinski definition) is 2. The molecule has 0 fully saturated rings. The second-order valence-electron chi connectivity index (χ2n) is 5.71. The van der Waals surface area contributed by atoms with Crippen LogP contribution in [0.3, 0.4) is 0 Å². The molecule has 0 amide bonds. The van der Waals surface area contributed by atoms with Crippen molar-refractivity contribution >= 4 is 41.7 Å². The maximum atomic E-state index is 6.06. The molecule has 2 N–H and O–H groups in total. The first-order valence-electron chi connectivity index (χ1n) is 9.05. The Morgan fingerprint density at radius 2 is 1.93 bits per heavy atom. The van der Waals surface area contributed by atoms with Gasteiger partial charge in [-0.25, -0.2) is 4.98 Å². The first-order valence-corrected chi connectivity index (χ1v) is 10.4. The summed E-state index contributed by atoms with van der Waals surface area (Å²) in [6.07, 6.45) is 4.74. The Bertz CT molecular complexity index is 731. The van der Waals surface area contributed by atoms with Gasteiger partial charge < -0.3 is 20.1 Å². The van der Waals surface area contributed by atoms with E-state index in [0.29, 0.717) is 24.8 Å². The molecule has 0 saturated carbocycles. The fraction of sp³-hybridized carbons (Fsp3) is 0.400. The maximum Gasteiger partial charge on any atom is 0.224 e. The topological polar surface area (TPSA) is 67.8 Å². The monoisotopic (exact) mass is 516 g/mol. The second kappa shape index (κ2) is 14.3. The van der Waals surface area contributed by atoms with Crippen LogP contribution in [-0.2, 0) is 6.54 Å². The molecule has 0 unspecified atom stereocenters. The second-order valence-corrected chi connectivity index (χ2v) is 6.70. The summed E-state index contributed by atoms with van der Waals surface area (Å²) in [7, 11) is 1.76. The summed E-state index contributed by atoms with van der Waals surface area (Å²) < 4.78 is 11.8. The molecule has 0 spiro atoms. The highest BCUT2D eigenvalue weighted by Gasteiger charge is 2.11. The summed E-state index contributed by atoms with van der Waals surface area (Å²) in [5, 5.41) is 6.58. The van der Waals surface area contributed by atoms with Gasteiger partial charge in [0.25, 0.3) is 0 Å². The minimum Gasteiger partial charge on any atom is -0.490 e. The molecule has 0 atom stereocenters. The quantitative estimate of drug-likeness (QED) is 0.212. The van der Waals surface area contributed by atoms with Crippen LogP contribution in [0.15, 0.2) is 47.6 Å². The minimum absolute atomic E-state index is 0. The number of ether oxygens (including phenoxy) is 2. The molecule has 28 heavy (non-hydrogen) atoms. The van der Waals surface area contributed by atoms with E-state index >= 15 is 0 Å². The summed E-state index contributed by atoms with van der Waals surface area (Å²) in [5.74, 6) is 3.71. The zero-order chi connectivity index (χ0) is 19.3. The van der Waals surface area contributed by atoms with E-state index < -0.39 is 0 Å². The Labute approximate surface area is 188 Å². The number of aliphatic imine (C=N–C) groups is 1. The van der Waals surface area contributed by atoms with Crippen molar-refractivity contribution < 1.29 is 9.47 Å². The lowest BCUT2D eigenvalue weighted by Crippen LogP contribution is -2.38. The van der Waals surface area contributed by atoms with Gasteiger partial charge >= 0.3 is 0 Å². The summed E-state index contributed by atoms with van der Waals surface area (Å²) in [5.41, 5.74) is 0.940. The molecule has 1 heterocycles. The molecule has 0 aliphatic rings. The van der Waals surface area contributed by atoms with Crippen molar-refractivity contribution in [2.75, 3.05) is 32.2 Å². The lowest BCUT2D eigenvalue weighted by atomic mass is 10.2. The maximum absolute atomic E-state index is 6.06. The predicted molar refractivity (Wildman–Crippen MR) is 129 cm³/mol. The van der Waals surface area contributed by atoms with E-state index in [2.05, 4.69) is 33.8 Å². The van der Waals surface area contributed by atoms with E-state index in [4.69, 9.17) is 9.47 Å². The third kappa shape index (κ3) is 8.14. The van der Waals surface area contributed by atoms with Crippen LogP contribution in [-0.4, -0.2) is 43.2 Å². The summed E-state index contributed by atoms with van der Waals surface area (Å²) >= 11 is 1.79. The molecule has 154 valence electrons. The summed E-state index contributed by atoms with van der Waals surface area (Å²) in [4.78, 5) is 8.63. The van der Waals surface area contributed by atoms with Gasteiger partial charge in [0, 0.05) is 37.7 Å². The number of benzene rings is 1. The largest absolute Gasteiger partial charge is 0.490 e. The third-order valence-electron chi connectivity index (χ3n) is 3.64. The summed E-state index contributed by atoms with van der Waals surface area (Å²) in [6, 6.07) is 11.5. The van der Waals surface area contributed by atoms with Crippen LogP contribution < -0.4 is 20.1 Å². The smallest absolute Gasteiger partial charge is 0.224 e. The number of thioether (sulfide) groups is 1. The van der Waals surface area contributed by atoms with Crippen molar-refractivity contribution in [1.29, 1.82) is 0 Å². The van der Waals surface area contributed by atoms with Crippen LogP contribution in [0.25, 0.3) is 0 Å². The number of halogens is 1.